The first-order valence-corrected chi connectivity index (χ1v) is 8.69. The third-order valence-corrected chi connectivity index (χ3v) is 4.77. The zero-order valence-corrected chi connectivity index (χ0v) is 14.7. The number of carbonyl (C=O) groups excluding carboxylic acids is 1. The van der Waals surface area contributed by atoms with Gasteiger partial charge >= 0.3 is 0 Å². The SMILES string of the molecule is CCCCN1CC(C)SC1=NC(=O)c1cc(Cl)ccc1OC. The van der Waals surface area contributed by atoms with Gasteiger partial charge in [-0.1, -0.05) is 43.6 Å². The van der Waals surface area contributed by atoms with Gasteiger partial charge in [-0.3, -0.25) is 4.79 Å². The fourth-order valence-electron chi connectivity index (χ4n) is 2.31. The number of rotatable bonds is 5. The Morgan fingerprint density at radius 3 is 3.00 bits per heavy atom. The molecule has 0 aliphatic carbocycles. The van der Waals surface area contributed by atoms with Gasteiger partial charge in [0.15, 0.2) is 5.17 Å². The van der Waals surface area contributed by atoms with Crippen molar-refractivity contribution in [1.29, 1.82) is 0 Å². The molecule has 1 aromatic carbocycles. The highest BCUT2D eigenvalue weighted by atomic mass is 35.5. The highest BCUT2D eigenvalue weighted by Gasteiger charge is 2.26. The van der Waals surface area contributed by atoms with E-state index in [0.29, 0.717) is 21.6 Å². The molecular formula is C16H21ClN2O2S. The van der Waals surface area contributed by atoms with Crippen LogP contribution in [0.2, 0.25) is 5.02 Å². The normalized spacial score (nSPS) is 19.7. The van der Waals surface area contributed by atoms with E-state index in [9.17, 15) is 4.79 Å². The summed E-state index contributed by atoms with van der Waals surface area (Å²) in [4.78, 5) is 19.0. The van der Waals surface area contributed by atoms with Crippen LogP contribution in [0.5, 0.6) is 5.75 Å². The van der Waals surface area contributed by atoms with Crippen LogP contribution in [0, 0.1) is 0 Å². The maximum absolute atomic E-state index is 12.5. The molecule has 1 amide bonds. The summed E-state index contributed by atoms with van der Waals surface area (Å²) in [5.41, 5.74) is 0.401. The minimum absolute atomic E-state index is 0.308. The Morgan fingerprint density at radius 1 is 1.55 bits per heavy atom. The molecule has 1 aromatic rings. The standard InChI is InChI=1S/C16H21ClN2O2S/c1-4-5-8-19-10-11(2)22-16(19)18-15(20)13-9-12(17)6-7-14(13)21-3/h6-7,9,11H,4-5,8,10H2,1-3H3. The average molecular weight is 341 g/mol. The van der Waals surface area contributed by atoms with Crippen LogP contribution in [-0.2, 0) is 0 Å². The van der Waals surface area contributed by atoms with Gasteiger partial charge in [-0.05, 0) is 24.6 Å². The number of nitrogens with zero attached hydrogens (tertiary/aromatic N) is 2. The first-order chi connectivity index (χ1) is 10.5. The molecule has 1 aliphatic rings. The number of hydrogen-bond donors (Lipinski definition) is 0. The number of amidine groups is 1. The van der Waals surface area contributed by atoms with Crippen LogP contribution < -0.4 is 4.74 Å². The molecule has 1 saturated heterocycles. The number of ether oxygens (including phenoxy) is 1. The number of benzene rings is 1. The third-order valence-electron chi connectivity index (χ3n) is 3.43. The van der Waals surface area contributed by atoms with E-state index in [4.69, 9.17) is 16.3 Å². The molecule has 0 saturated carbocycles. The Kier molecular flexibility index (Phi) is 6.15. The molecule has 2 rings (SSSR count). The van der Waals surface area contributed by atoms with Gasteiger partial charge < -0.3 is 9.64 Å². The van der Waals surface area contributed by atoms with E-state index in [-0.39, 0.29) is 5.91 Å². The van der Waals surface area contributed by atoms with Crippen LogP contribution in [-0.4, -0.2) is 41.4 Å². The summed E-state index contributed by atoms with van der Waals surface area (Å²) in [5.74, 6) is 0.187. The van der Waals surface area contributed by atoms with E-state index in [1.807, 2.05) is 0 Å². The van der Waals surface area contributed by atoms with Gasteiger partial charge in [0.2, 0.25) is 0 Å². The summed E-state index contributed by atoms with van der Waals surface area (Å²) in [6, 6.07) is 4.99. The molecule has 1 aliphatic heterocycles. The summed E-state index contributed by atoms with van der Waals surface area (Å²) >= 11 is 7.63. The van der Waals surface area contributed by atoms with Crippen LogP contribution in [0.3, 0.4) is 0 Å². The highest BCUT2D eigenvalue weighted by molar-refractivity contribution is 8.14. The maximum Gasteiger partial charge on any atom is 0.283 e. The predicted octanol–water partition coefficient (Wildman–Crippen LogP) is 4.08. The summed E-state index contributed by atoms with van der Waals surface area (Å²) in [6.45, 7) is 6.18. The topological polar surface area (TPSA) is 41.9 Å². The van der Waals surface area contributed by atoms with Crippen LogP contribution >= 0.6 is 23.4 Å². The molecular weight excluding hydrogens is 320 g/mol. The Morgan fingerprint density at radius 2 is 2.32 bits per heavy atom. The van der Waals surface area contributed by atoms with Gasteiger partial charge in [0.1, 0.15) is 5.75 Å². The lowest BCUT2D eigenvalue weighted by Gasteiger charge is -2.17. The molecule has 0 radical (unpaired) electrons. The molecule has 22 heavy (non-hydrogen) atoms. The molecule has 0 aromatic heterocycles. The monoisotopic (exact) mass is 340 g/mol. The van der Waals surface area contributed by atoms with E-state index in [0.717, 1.165) is 31.1 Å². The zero-order chi connectivity index (χ0) is 16.1. The van der Waals surface area contributed by atoms with E-state index in [1.54, 1.807) is 30.0 Å². The minimum atomic E-state index is -0.308. The van der Waals surface area contributed by atoms with Crippen molar-refractivity contribution in [2.75, 3.05) is 20.2 Å². The number of hydrogen-bond acceptors (Lipinski definition) is 3. The summed E-state index contributed by atoms with van der Waals surface area (Å²) in [5, 5.41) is 1.75. The average Bonchev–Trinajstić information content (AvgIpc) is 2.84. The molecule has 1 heterocycles. The van der Waals surface area contributed by atoms with Crippen molar-refractivity contribution in [3.63, 3.8) is 0 Å². The first kappa shape index (κ1) is 17.2. The van der Waals surface area contributed by atoms with Crippen LogP contribution in [0.4, 0.5) is 0 Å². The number of aliphatic imine (C=N–C) groups is 1. The van der Waals surface area contributed by atoms with Gasteiger partial charge in [-0.15, -0.1) is 0 Å². The Bertz CT molecular complexity index is 577. The van der Waals surface area contributed by atoms with E-state index >= 15 is 0 Å². The summed E-state index contributed by atoms with van der Waals surface area (Å²) in [6.07, 6.45) is 2.22. The summed E-state index contributed by atoms with van der Waals surface area (Å²) in [7, 11) is 1.53. The second-order valence-electron chi connectivity index (χ2n) is 5.27. The second kappa shape index (κ2) is 7.88. The van der Waals surface area contributed by atoms with Crippen molar-refractivity contribution in [1.82, 2.24) is 4.90 Å². The molecule has 0 spiro atoms. The van der Waals surface area contributed by atoms with Gasteiger partial charge in [-0.2, -0.15) is 4.99 Å². The van der Waals surface area contributed by atoms with Crippen molar-refractivity contribution in [3.05, 3.63) is 28.8 Å². The number of carbonyl (C=O) groups is 1. The number of amides is 1. The molecule has 0 bridgehead atoms. The second-order valence-corrected chi connectivity index (χ2v) is 7.11. The van der Waals surface area contributed by atoms with Gasteiger partial charge in [0, 0.05) is 23.4 Å². The van der Waals surface area contributed by atoms with Gasteiger partial charge in [0.05, 0.1) is 12.7 Å². The smallest absolute Gasteiger partial charge is 0.283 e. The quantitative estimate of drug-likeness (QED) is 0.809. The number of thioether (sulfide) groups is 1. The van der Waals surface area contributed by atoms with Gasteiger partial charge in [0.25, 0.3) is 5.91 Å². The van der Waals surface area contributed by atoms with Crippen molar-refractivity contribution in [2.24, 2.45) is 4.99 Å². The van der Waals surface area contributed by atoms with E-state index < -0.39 is 0 Å². The minimum Gasteiger partial charge on any atom is -0.496 e. The number of methoxy groups -OCH3 is 1. The van der Waals surface area contributed by atoms with Crippen molar-refractivity contribution in [2.45, 2.75) is 31.9 Å². The van der Waals surface area contributed by atoms with E-state index in [2.05, 4.69) is 23.7 Å². The Hall–Kier alpha value is -1.20. The third kappa shape index (κ3) is 4.17. The maximum atomic E-state index is 12.5. The Balaban J connectivity index is 2.23. The van der Waals surface area contributed by atoms with Crippen molar-refractivity contribution < 1.29 is 9.53 Å². The highest BCUT2D eigenvalue weighted by Crippen LogP contribution is 2.28. The molecule has 1 atom stereocenters. The van der Waals surface area contributed by atoms with Crippen molar-refractivity contribution in [3.8, 4) is 5.75 Å². The first-order valence-electron chi connectivity index (χ1n) is 7.43. The summed E-state index contributed by atoms with van der Waals surface area (Å²) < 4.78 is 5.23. The molecule has 120 valence electrons. The molecule has 1 fully saturated rings. The zero-order valence-electron chi connectivity index (χ0n) is 13.1. The van der Waals surface area contributed by atoms with E-state index in [1.165, 1.54) is 7.11 Å². The van der Waals surface area contributed by atoms with Crippen LogP contribution in [0.15, 0.2) is 23.2 Å². The number of halogens is 1. The Labute approximate surface area is 140 Å². The molecule has 0 N–H and O–H groups in total. The lowest BCUT2D eigenvalue weighted by molar-refractivity contribution is 0.0999. The lowest BCUT2D eigenvalue weighted by Crippen LogP contribution is -2.27. The fourth-order valence-corrected chi connectivity index (χ4v) is 3.54. The van der Waals surface area contributed by atoms with Crippen molar-refractivity contribution >= 4 is 34.4 Å². The number of unbranched alkanes of at least 4 members (excludes halogenated alkanes) is 1. The van der Waals surface area contributed by atoms with Gasteiger partial charge in [-0.25, -0.2) is 0 Å². The molecule has 4 nitrogen and oxygen atoms in total. The molecule has 1 unspecified atom stereocenters. The predicted molar refractivity (Wildman–Crippen MR) is 93.3 cm³/mol. The van der Waals surface area contributed by atoms with Crippen LogP contribution in [0.1, 0.15) is 37.0 Å². The van der Waals surface area contributed by atoms with Crippen LogP contribution in [0.25, 0.3) is 0 Å². The largest absolute Gasteiger partial charge is 0.496 e. The molecule has 6 heteroatoms. The fraction of sp³-hybridized carbons (Fsp3) is 0.500. The lowest BCUT2D eigenvalue weighted by atomic mass is 10.2.